The van der Waals surface area contributed by atoms with Gasteiger partial charge in [-0.2, -0.15) is 0 Å². The van der Waals surface area contributed by atoms with Gasteiger partial charge in [0, 0.05) is 11.9 Å². The first-order chi connectivity index (χ1) is 7.66. The van der Waals surface area contributed by atoms with Crippen LogP contribution >= 0.6 is 39.1 Å². The van der Waals surface area contributed by atoms with E-state index in [0.717, 1.165) is 16.0 Å². The average molecular weight is 318 g/mol. The number of rotatable bonds is 2. The number of pyridine rings is 1. The van der Waals surface area contributed by atoms with Crippen molar-refractivity contribution in [1.82, 2.24) is 4.98 Å². The Kier molecular flexibility index (Phi) is 3.69. The van der Waals surface area contributed by atoms with Gasteiger partial charge >= 0.3 is 0 Å². The number of halogens is 3. The summed E-state index contributed by atoms with van der Waals surface area (Å²) >= 11 is 15.1. The molecule has 2 nitrogen and oxygen atoms in total. The lowest BCUT2D eigenvalue weighted by Gasteiger charge is -2.07. The van der Waals surface area contributed by atoms with E-state index in [0.29, 0.717) is 10.0 Å². The molecule has 16 heavy (non-hydrogen) atoms. The van der Waals surface area contributed by atoms with E-state index in [1.54, 1.807) is 18.3 Å². The maximum absolute atomic E-state index is 5.92. The molecule has 82 valence electrons. The summed E-state index contributed by atoms with van der Waals surface area (Å²) in [5.41, 5.74) is 0.841. The lowest BCUT2D eigenvalue weighted by molar-refractivity contribution is 1.29. The summed E-state index contributed by atoms with van der Waals surface area (Å²) in [6.07, 6.45) is 1.71. The molecule has 1 N–H and O–H groups in total. The molecule has 0 saturated heterocycles. The molecule has 1 aromatic carbocycles. The van der Waals surface area contributed by atoms with Gasteiger partial charge in [-0.3, -0.25) is 0 Å². The molecular formula is C11H7BrCl2N2. The molecule has 2 rings (SSSR count). The molecule has 0 radical (unpaired) electrons. The quantitative estimate of drug-likeness (QED) is 0.852. The molecule has 0 unspecified atom stereocenters. The summed E-state index contributed by atoms with van der Waals surface area (Å²) in [6, 6.07) is 9.10. The van der Waals surface area contributed by atoms with Crippen molar-refractivity contribution in [2.24, 2.45) is 0 Å². The highest BCUT2D eigenvalue weighted by atomic mass is 79.9. The third-order valence-corrected chi connectivity index (χ3v) is 3.32. The van der Waals surface area contributed by atoms with Crippen LogP contribution in [0.5, 0.6) is 0 Å². The van der Waals surface area contributed by atoms with Crippen molar-refractivity contribution in [3.05, 3.63) is 51.0 Å². The molecule has 0 fully saturated rings. The first-order valence-corrected chi connectivity index (χ1v) is 6.04. The Hall–Kier alpha value is -0.770. The van der Waals surface area contributed by atoms with E-state index < -0.39 is 0 Å². The molecule has 2 aromatic rings. The zero-order valence-corrected chi connectivity index (χ0v) is 11.1. The summed E-state index contributed by atoms with van der Waals surface area (Å²) in [5.74, 6) is 0.737. The highest BCUT2D eigenvalue weighted by Gasteiger charge is 2.03. The van der Waals surface area contributed by atoms with Crippen molar-refractivity contribution in [2.45, 2.75) is 0 Å². The molecule has 0 spiro atoms. The van der Waals surface area contributed by atoms with Crippen LogP contribution in [0.25, 0.3) is 0 Å². The standard InChI is InChI=1S/C11H7BrCl2N2/c12-8-2-1-5-15-11(8)16-7-3-4-9(13)10(14)6-7/h1-6H,(H,15,16). The van der Waals surface area contributed by atoms with Gasteiger partial charge in [-0.1, -0.05) is 23.2 Å². The van der Waals surface area contributed by atoms with Crippen LogP contribution in [0.4, 0.5) is 11.5 Å². The van der Waals surface area contributed by atoms with Gasteiger partial charge in [0.05, 0.1) is 14.5 Å². The van der Waals surface area contributed by atoms with Gasteiger partial charge in [0.1, 0.15) is 5.82 Å². The highest BCUT2D eigenvalue weighted by Crippen LogP contribution is 2.28. The van der Waals surface area contributed by atoms with Crippen molar-refractivity contribution in [3.63, 3.8) is 0 Å². The largest absolute Gasteiger partial charge is 0.339 e. The number of nitrogens with zero attached hydrogens (tertiary/aromatic N) is 1. The van der Waals surface area contributed by atoms with Crippen molar-refractivity contribution in [3.8, 4) is 0 Å². The molecule has 0 aliphatic carbocycles. The zero-order chi connectivity index (χ0) is 11.5. The Labute approximate surface area is 112 Å². The first kappa shape index (κ1) is 11.7. The van der Waals surface area contributed by atoms with E-state index in [9.17, 15) is 0 Å². The fraction of sp³-hybridized carbons (Fsp3) is 0. The Balaban J connectivity index is 2.28. The minimum atomic E-state index is 0.513. The van der Waals surface area contributed by atoms with E-state index in [-0.39, 0.29) is 0 Å². The van der Waals surface area contributed by atoms with Crippen LogP contribution in [-0.2, 0) is 0 Å². The monoisotopic (exact) mass is 316 g/mol. The Bertz CT molecular complexity index is 517. The molecule has 0 atom stereocenters. The Morgan fingerprint density at radius 3 is 2.62 bits per heavy atom. The summed E-state index contributed by atoms with van der Waals surface area (Å²) in [7, 11) is 0. The van der Waals surface area contributed by atoms with E-state index in [1.807, 2.05) is 18.2 Å². The molecule has 0 aliphatic heterocycles. The second-order valence-corrected chi connectivity index (χ2v) is 4.76. The molecule has 0 amide bonds. The SMILES string of the molecule is Clc1ccc(Nc2ncccc2Br)cc1Cl. The van der Waals surface area contributed by atoms with Crippen LogP contribution in [0.3, 0.4) is 0 Å². The second kappa shape index (κ2) is 5.04. The number of benzene rings is 1. The minimum absolute atomic E-state index is 0.513. The summed E-state index contributed by atoms with van der Waals surface area (Å²) in [6.45, 7) is 0. The molecule has 5 heteroatoms. The van der Waals surface area contributed by atoms with Gasteiger partial charge < -0.3 is 5.32 Å². The number of hydrogen-bond acceptors (Lipinski definition) is 2. The maximum atomic E-state index is 5.92. The second-order valence-electron chi connectivity index (χ2n) is 3.09. The molecular weight excluding hydrogens is 311 g/mol. The predicted octanol–water partition coefficient (Wildman–Crippen LogP) is 4.89. The average Bonchev–Trinajstić information content (AvgIpc) is 2.27. The van der Waals surface area contributed by atoms with Crippen LogP contribution in [-0.4, -0.2) is 4.98 Å². The van der Waals surface area contributed by atoms with E-state index >= 15 is 0 Å². The lowest BCUT2D eigenvalue weighted by atomic mass is 10.3. The van der Waals surface area contributed by atoms with Gasteiger partial charge in [0.15, 0.2) is 0 Å². The van der Waals surface area contributed by atoms with Gasteiger partial charge in [0.25, 0.3) is 0 Å². The number of anilines is 2. The van der Waals surface area contributed by atoms with Gasteiger partial charge in [0.2, 0.25) is 0 Å². The summed E-state index contributed by atoms with van der Waals surface area (Å²) in [5, 5.41) is 4.19. The molecule has 1 heterocycles. The lowest BCUT2D eigenvalue weighted by Crippen LogP contribution is -1.93. The maximum Gasteiger partial charge on any atom is 0.144 e. The van der Waals surface area contributed by atoms with E-state index in [1.165, 1.54) is 0 Å². The van der Waals surface area contributed by atoms with Crippen LogP contribution in [0.1, 0.15) is 0 Å². The van der Waals surface area contributed by atoms with Crippen molar-refractivity contribution >= 4 is 50.6 Å². The van der Waals surface area contributed by atoms with Gasteiger partial charge in [-0.05, 0) is 46.3 Å². The van der Waals surface area contributed by atoms with Crippen LogP contribution in [0.2, 0.25) is 10.0 Å². The van der Waals surface area contributed by atoms with Crippen molar-refractivity contribution in [1.29, 1.82) is 0 Å². The van der Waals surface area contributed by atoms with Gasteiger partial charge in [-0.15, -0.1) is 0 Å². The fourth-order valence-corrected chi connectivity index (χ4v) is 1.84. The fourth-order valence-electron chi connectivity index (χ4n) is 1.19. The Morgan fingerprint density at radius 2 is 1.94 bits per heavy atom. The minimum Gasteiger partial charge on any atom is -0.339 e. The first-order valence-electron chi connectivity index (χ1n) is 4.49. The molecule has 1 aromatic heterocycles. The molecule has 0 bridgehead atoms. The number of hydrogen-bond donors (Lipinski definition) is 1. The van der Waals surface area contributed by atoms with Gasteiger partial charge in [-0.25, -0.2) is 4.98 Å². The van der Waals surface area contributed by atoms with Crippen LogP contribution < -0.4 is 5.32 Å². The normalized spacial score (nSPS) is 10.2. The topological polar surface area (TPSA) is 24.9 Å². The van der Waals surface area contributed by atoms with Crippen molar-refractivity contribution in [2.75, 3.05) is 5.32 Å². The summed E-state index contributed by atoms with van der Waals surface area (Å²) in [4.78, 5) is 4.19. The molecule has 0 saturated carbocycles. The predicted molar refractivity (Wildman–Crippen MR) is 71.7 cm³/mol. The number of nitrogens with one attached hydrogen (secondary N) is 1. The zero-order valence-electron chi connectivity index (χ0n) is 8.05. The Morgan fingerprint density at radius 1 is 1.12 bits per heavy atom. The third-order valence-electron chi connectivity index (χ3n) is 1.94. The third kappa shape index (κ3) is 2.67. The van der Waals surface area contributed by atoms with Crippen LogP contribution in [0, 0.1) is 0 Å². The smallest absolute Gasteiger partial charge is 0.144 e. The van der Waals surface area contributed by atoms with E-state index in [2.05, 4.69) is 26.2 Å². The highest BCUT2D eigenvalue weighted by molar-refractivity contribution is 9.10. The number of aromatic nitrogens is 1. The van der Waals surface area contributed by atoms with Crippen LogP contribution in [0.15, 0.2) is 41.0 Å². The van der Waals surface area contributed by atoms with Crippen molar-refractivity contribution < 1.29 is 0 Å². The molecule has 0 aliphatic rings. The van der Waals surface area contributed by atoms with E-state index in [4.69, 9.17) is 23.2 Å². The summed E-state index contributed by atoms with van der Waals surface area (Å²) < 4.78 is 0.890.